The lowest BCUT2D eigenvalue weighted by Crippen LogP contribution is -2.26. The van der Waals surface area contributed by atoms with Gasteiger partial charge < -0.3 is 10.0 Å². The molecule has 0 saturated heterocycles. The van der Waals surface area contributed by atoms with Crippen molar-refractivity contribution >= 4 is 44.4 Å². The van der Waals surface area contributed by atoms with Gasteiger partial charge in [-0.2, -0.15) is 9.46 Å². The highest BCUT2D eigenvalue weighted by Gasteiger charge is 2.14. The molecule has 0 unspecified atom stereocenters. The van der Waals surface area contributed by atoms with Gasteiger partial charge in [-0.15, -0.1) is 0 Å². The molecule has 0 amide bonds. The van der Waals surface area contributed by atoms with Gasteiger partial charge in [0.15, 0.2) is 11.7 Å². The van der Waals surface area contributed by atoms with Crippen LogP contribution in [0.1, 0.15) is 10.4 Å². The average molecular weight is 368 g/mol. The number of pyridine rings is 1. The van der Waals surface area contributed by atoms with E-state index < -0.39 is 5.97 Å². The maximum atomic E-state index is 12.1. The number of hydrogen-bond donors (Lipinski definition) is 0. The van der Waals surface area contributed by atoms with Gasteiger partial charge in [0.1, 0.15) is 0 Å². The van der Waals surface area contributed by atoms with Crippen LogP contribution in [-0.2, 0) is 0 Å². The van der Waals surface area contributed by atoms with Crippen LogP contribution in [0, 0.1) is 5.21 Å². The van der Waals surface area contributed by atoms with Crippen LogP contribution in [0.25, 0.3) is 10.9 Å². The summed E-state index contributed by atoms with van der Waals surface area (Å²) in [5, 5.41) is 12.7. The van der Waals surface area contributed by atoms with Crippen LogP contribution in [0.15, 0.2) is 53.4 Å². The van der Waals surface area contributed by atoms with E-state index in [1.807, 2.05) is 0 Å². The molecule has 0 aliphatic rings. The number of nitrogens with zero attached hydrogens (tertiary/aromatic N) is 2. The Morgan fingerprint density at radius 3 is 2.90 bits per heavy atom. The van der Waals surface area contributed by atoms with Gasteiger partial charge in [0, 0.05) is 16.6 Å². The molecule has 7 heteroatoms. The zero-order valence-corrected chi connectivity index (χ0v) is 12.8. The first-order valence-electron chi connectivity index (χ1n) is 5.92. The molecule has 0 N–H and O–H groups in total. The predicted octanol–water partition coefficient (Wildman–Crippen LogP) is 2.96. The van der Waals surface area contributed by atoms with Gasteiger partial charge in [-0.05, 0) is 40.2 Å². The van der Waals surface area contributed by atoms with E-state index in [9.17, 15) is 10.0 Å². The van der Waals surface area contributed by atoms with E-state index >= 15 is 0 Å². The SMILES string of the molecule is O=C(On1ccc2c(Br)c[n+]([O-])cc21)c1cccc(Cl)c1. The summed E-state index contributed by atoms with van der Waals surface area (Å²) in [4.78, 5) is 17.3. The van der Waals surface area contributed by atoms with Gasteiger partial charge in [-0.25, -0.2) is 4.79 Å². The Hall–Kier alpha value is -2.05. The summed E-state index contributed by atoms with van der Waals surface area (Å²) in [5.41, 5.74) is 0.809. The van der Waals surface area contributed by atoms with Crippen LogP contribution < -0.4 is 9.57 Å². The molecule has 2 heterocycles. The summed E-state index contributed by atoms with van der Waals surface area (Å²) in [5.74, 6) is -0.563. The summed E-state index contributed by atoms with van der Waals surface area (Å²) in [6, 6.07) is 8.18. The molecule has 1 aromatic carbocycles. The second-order valence-corrected chi connectivity index (χ2v) is 5.59. The van der Waals surface area contributed by atoms with E-state index in [4.69, 9.17) is 16.4 Å². The molecule has 106 valence electrons. The molecule has 2 aromatic heterocycles. The maximum absolute atomic E-state index is 12.1. The van der Waals surface area contributed by atoms with Gasteiger partial charge in [0.2, 0.25) is 6.20 Å². The van der Waals surface area contributed by atoms with Crippen LogP contribution in [0.5, 0.6) is 0 Å². The summed E-state index contributed by atoms with van der Waals surface area (Å²) in [6.45, 7) is 0. The smallest absolute Gasteiger partial charge is 0.363 e. The predicted molar refractivity (Wildman–Crippen MR) is 81.0 cm³/mol. The third-order valence-electron chi connectivity index (χ3n) is 2.88. The Kier molecular flexibility index (Phi) is 3.57. The fraction of sp³-hybridized carbons (Fsp3) is 0. The lowest BCUT2D eigenvalue weighted by atomic mass is 10.2. The number of benzene rings is 1. The van der Waals surface area contributed by atoms with E-state index in [1.54, 1.807) is 30.5 Å². The molecule has 3 aromatic rings. The Balaban J connectivity index is 1.97. The zero-order chi connectivity index (χ0) is 15.0. The van der Waals surface area contributed by atoms with Crippen molar-refractivity contribution in [2.45, 2.75) is 0 Å². The van der Waals surface area contributed by atoms with E-state index in [1.165, 1.54) is 23.2 Å². The van der Waals surface area contributed by atoms with Crippen molar-refractivity contribution in [2.24, 2.45) is 0 Å². The minimum absolute atomic E-state index is 0.328. The first-order valence-corrected chi connectivity index (χ1v) is 7.09. The van der Waals surface area contributed by atoms with Crippen LogP contribution in [0.3, 0.4) is 0 Å². The highest BCUT2D eigenvalue weighted by Crippen LogP contribution is 2.22. The summed E-state index contributed by atoms with van der Waals surface area (Å²) in [6.07, 6.45) is 4.27. The fourth-order valence-corrected chi connectivity index (χ4v) is 2.66. The zero-order valence-electron chi connectivity index (χ0n) is 10.5. The number of fused-ring (bicyclic) bond motifs is 1. The van der Waals surface area contributed by atoms with Crippen molar-refractivity contribution in [1.82, 2.24) is 4.73 Å². The molecule has 0 fully saturated rings. The van der Waals surface area contributed by atoms with Gasteiger partial charge in [-0.1, -0.05) is 17.7 Å². The molecular weight excluding hydrogens is 360 g/mol. The van der Waals surface area contributed by atoms with Gasteiger partial charge in [-0.3, -0.25) is 0 Å². The summed E-state index contributed by atoms with van der Waals surface area (Å²) < 4.78 is 2.50. The van der Waals surface area contributed by atoms with E-state index in [0.717, 1.165) is 5.39 Å². The molecule has 21 heavy (non-hydrogen) atoms. The maximum Gasteiger partial charge on any atom is 0.363 e. The molecule has 3 rings (SSSR count). The van der Waals surface area contributed by atoms with Crippen LogP contribution in [-0.4, -0.2) is 10.7 Å². The molecule has 5 nitrogen and oxygen atoms in total. The largest absolute Gasteiger partial charge is 0.619 e. The van der Waals surface area contributed by atoms with Crippen molar-refractivity contribution < 1.29 is 14.4 Å². The monoisotopic (exact) mass is 366 g/mol. The van der Waals surface area contributed by atoms with Crippen molar-refractivity contribution in [3.8, 4) is 0 Å². The lowest BCUT2D eigenvalue weighted by molar-refractivity contribution is -0.604. The molecule has 0 aliphatic heterocycles. The van der Waals surface area contributed by atoms with E-state index in [-0.39, 0.29) is 0 Å². The fourth-order valence-electron chi connectivity index (χ4n) is 1.93. The number of hydrogen-bond acceptors (Lipinski definition) is 3. The lowest BCUT2D eigenvalue weighted by Gasteiger charge is -2.06. The minimum atomic E-state index is -0.563. The highest BCUT2D eigenvalue weighted by molar-refractivity contribution is 9.10. The number of aromatic nitrogens is 2. The standard InChI is InChI=1S/C14H8BrClN2O3/c15-12-7-17(20)8-13-11(12)4-5-18(13)21-14(19)9-2-1-3-10(16)6-9/h1-8H. The normalized spacial score (nSPS) is 10.8. The van der Waals surface area contributed by atoms with E-state index in [2.05, 4.69) is 15.9 Å². The molecule has 0 aliphatic carbocycles. The van der Waals surface area contributed by atoms with Crippen molar-refractivity contribution in [3.63, 3.8) is 0 Å². The number of rotatable bonds is 2. The number of carbonyl (C=O) groups is 1. The van der Waals surface area contributed by atoms with Crippen molar-refractivity contribution in [1.29, 1.82) is 0 Å². The minimum Gasteiger partial charge on any atom is -0.619 e. The second kappa shape index (κ2) is 5.38. The quantitative estimate of drug-likeness (QED) is 0.517. The van der Waals surface area contributed by atoms with Crippen LogP contribution in [0.2, 0.25) is 5.02 Å². The Morgan fingerprint density at radius 1 is 1.33 bits per heavy atom. The molecule has 0 saturated carbocycles. The first kappa shape index (κ1) is 13.9. The molecule has 0 radical (unpaired) electrons. The van der Waals surface area contributed by atoms with Crippen LogP contribution >= 0.6 is 27.5 Å². The number of carbonyl (C=O) groups excluding carboxylic acids is 1. The van der Waals surface area contributed by atoms with Gasteiger partial charge >= 0.3 is 5.97 Å². The highest BCUT2D eigenvalue weighted by atomic mass is 79.9. The topological polar surface area (TPSA) is 58.2 Å². The number of halogens is 2. The second-order valence-electron chi connectivity index (χ2n) is 4.30. The molecule has 0 atom stereocenters. The Bertz CT molecular complexity index is 847. The van der Waals surface area contributed by atoms with Crippen molar-refractivity contribution in [2.75, 3.05) is 0 Å². The molecular formula is C14H8BrClN2O3. The van der Waals surface area contributed by atoms with Gasteiger partial charge in [0.05, 0.1) is 10.0 Å². The summed E-state index contributed by atoms with van der Waals surface area (Å²) >= 11 is 9.13. The van der Waals surface area contributed by atoms with Gasteiger partial charge in [0.25, 0.3) is 0 Å². The third kappa shape index (κ3) is 2.72. The average Bonchev–Trinajstić information content (AvgIpc) is 2.82. The molecule has 0 spiro atoms. The van der Waals surface area contributed by atoms with E-state index in [0.29, 0.717) is 25.3 Å². The summed E-state index contributed by atoms with van der Waals surface area (Å²) in [7, 11) is 0. The van der Waals surface area contributed by atoms with Crippen LogP contribution in [0.4, 0.5) is 0 Å². The van der Waals surface area contributed by atoms with Crippen molar-refractivity contribution in [3.05, 3.63) is 69.2 Å². The molecule has 0 bridgehead atoms. The first-order chi connectivity index (χ1) is 10.0. The Labute approximate surface area is 133 Å². The Morgan fingerprint density at radius 2 is 2.14 bits per heavy atom. The third-order valence-corrected chi connectivity index (χ3v) is 3.75.